The summed E-state index contributed by atoms with van der Waals surface area (Å²) in [5.74, 6) is -0.108. The summed E-state index contributed by atoms with van der Waals surface area (Å²) in [5.41, 5.74) is 0. The van der Waals surface area contributed by atoms with Gasteiger partial charge in [-0.1, -0.05) is 242 Å². The zero-order valence-corrected chi connectivity index (χ0v) is 43.9. The molecule has 0 aliphatic rings. The Morgan fingerprint density at radius 2 is 0.758 bits per heavy atom. The van der Waals surface area contributed by atoms with Crippen molar-refractivity contribution in [1.29, 1.82) is 0 Å². The fourth-order valence-electron chi connectivity index (χ4n) is 8.60. The molecule has 386 valence electrons. The third-order valence-corrected chi connectivity index (χ3v) is 13.1. The topological polar surface area (TPSA) is 95.9 Å². The molecule has 0 aromatic heterocycles. The van der Waals surface area contributed by atoms with E-state index in [1.165, 1.54) is 186 Å². The van der Waals surface area contributed by atoms with Crippen LogP contribution < -0.4 is 5.32 Å². The molecule has 6 heteroatoms. The molecule has 0 fully saturated rings. The van der Waals surface area contributed by atoms with E-state index in [2.05, 4.69) is 55.6 Å². The van der Waals surface area contributed by atoms with Gasteiger partial charge in [-0.25, -0.2) is 0 Å². The van der Waals surface area contributed by atoms with E-state index in [1.807, 2.05) is 6.08 Å². The van der Waals surface area contributed by atoms with Crippen LogP contribution in [0.3, 0.4) is 0 Å². The van der Waals surface area contributed by atoms with E-state index in [4.69, 9.17) is 4.74 Å². The summed E-state index contributed by atoms with van der Waals surface area (Å²) in [6.45, 7) is 4.84. The molecule has 0 radical (unpaired) electrons. The average Bonchev–Trinajstić information content (AvgIpc) is 3.32. The summed E-state index contributed by atoms with van der Waals surface area (Å²) >= 11 is 0. The van der Waals surface area contributed by atoms with Crippen molar-refractivity contribution in [1.82, 2.24) is 5.32 Å². The van der Waals surface area contributed by atoms with Crippen molar-refractivity contribution in [2.75, 3.05) is 13.2 Å². The van der Waals surface area contributed by atoms with Crippen LogP contribution in [0, 0.1) is 0 Å². The minimum atomic E-state index is -0.856. The van der Waals surface area contributed by atoms with Gasteiger partial charge in [0.15, 0.2) is 0 Å². The van der Waals surface area contributed by atoms with Gasteiger partial charge in [-0.15, -0.1) is 0 Å². The smallest absolute Gasteiger partial charge is 0.305 e. The van der Waals surface area contributed by atoms with Gasteiger partial charge in [0, 0.05) is 12.8 Å². The first-order valence-electron chi connectivity index (χ1n) is 28.9. The maximum Gasteiger partial charge on any atom is 0.305 e. The van der Waals surface area contributed by atoms with Gasteiger partial charge in [-0.3, -0.25) is 9.59 Å². The number of ether oxygens (including phenoxy) is 1. The third kappa shape index (κ3) is 51.2. The number of amides is 1. The zero-order valence-electron chi connectivity index (χ0n) is 43.9. The minimum Gasteiger partial charge on any atom is -0.466 e. The van der Waals surface area contributed by atoms with Gasteiger partial charge < -0.3 is 20.3 Å². The first-order valence-corrected chi connectivity index (χ1v) is 28.9. The number of carbonyl (C=O) groups is 2. The van der Waals surface area contributed by atoms with Crippen molar-refractivity contribution in [3.05, 3.63) is 48.6 Å². The van der Waals surface area contributed by atoms with E-state index in [0.717, 1.165) is 83.5 Å². The van der Waals surface area contributed by atoms with Crippen molar-refractivity contribution in [3.63, 3.8) is 0 Å². The Kier molecular flexibility index (Phi) is 53.6. The van der Waals surface area contributed by atoms with E-state index in [0.29, 0.717) is 19.4 Å². The second kappa shape index (κ2) is 55.4. The SMILES string of the molecule is CCCCC/C=C\C/C=C\CCCCCCCC(=O)OCCCCCC/C=C\CCCCCCCCCC(=O)NC(CO)C(O)/C=C/CCCCCCCCCCCCCCCCCCC. The van der Waals surface area contributed by atoms with E-state index in [-0.39, 0.29) is 18.5 Å². The third-order valence-electron chi connectivity index (χ3n) is 13.1. The van der Waals surface area contributed by atoms with Gasteiger partial charge in [-0.05, 0) is 89.9 Å². The highest BCUT2D eigenvalue weighted by Gasteiger charge is 2.18. The van der Waals surface area contributed by atoms with Crippen LogP contribution in [0.4, 0.5) is 0 Å². The van der Waals surface area contributed by atoms with Gasteiger partial charge in [0.2, 0.25) is 5.91 Å². The molecule has 66 heavy (non-hydrogen) atoms. The number of unbranched alkanes of at least 4 members (excludes halogenated alkanes) is 36. The molecule has 0 saturated carbocycles. The molecule has 0 aromatic rings. The van der Waals surface area contributed by atoms with Crippen molar-refractivity contribution < 1.29 is 24.5 Å². The van der Waals surface area contributed by atoms with Crippen LogP contribution >= 0.6 is 0 Å². The van der Waals surface area contributed by atoms with Crippen molar-refractivity contribution in [2.45, 2.75) is 309 Å². The molecule has 0 aliphatic carbocycles. The highest BCUT2D eigenvalue weighted by molar-refractivity contribution is 5.76. The standard InChI is InChI=1S/C60H111NO5/c1-3-5-7-9-11-13-15-17-19-20-21-22-25-28-32-36-40-44-48-52-58(63)57(56-62)61-59(64)53-49-45-41-37-33-29-26-23-27-31-35-39-43-47-51-55-66-60(65)54-50-46-42-38-34-30-24-18-16-14-12-10-8-6-4-2/h12,14,18,24,27,31,48,52,57-58,62-63H,3-11,13,15-17,19-23,25-26,28-30,32-47,49-51,53-56H2,1-2H3,(H,61,64)/b14-12-,24-18-,31-27-,52-48+. The minimum absolute atomic E-state index is 0.0255. The molecular weight excluding hydrogens is 815 g/mol. The summed E-state index contributed by atoms with van der Waals surface area (Å²) in [6.07, 6.45) is 69.8. The first-order chi connectivity index (χ1) is 32.5. The predicted molar refractivity (Wildman–Crippen MR) is 287 cm³/mol. The second-order valence-electron chi connectivity index (χ2n) is 19.6. The molecule has 6 nitrogen and oxygen atoms in total. The normalized spacial score (nSPS) is 13.0. The molecule has 2 unspecified atom stereocenters. The van der Waals surface area contributed by atoms with Crippen LogP contribution in [0.25, 0.3) is 0 Å². The molecule has 0 saturated heterocycles. The molecule has 0 aromatic carbocycles. The number of nitrogens with one attached hydrogen (secondary N) is 1. The summed E-state index contributed by atoms with van der Waals surface area (Å²) in [7, 11) is 0. The molecule has 3 N–H and O–H groups in total. The summed E-state index contributed by atoms with van der Waals surface area (Å²) in [5, 5.41) is 23.1. The predicted octanol–water partition coefficient (Wildman–Crippen LogP) is 17.8. The Labute approximate surface area is 410 Å². The Morgan fingerprint density at radius 1 is 0.424 bits per heavy atom. The van der Waals surface area contributed by atoms with Crippen LogP contribution in [0.1, 0.15) is 296 Å². The molecule has 0 spiro atoms. The molecule has 0 heterocycles. The lowest BCUT2D eigenvalue weighted by Gasteiger charge is -2.20. The Bertz CT molecular complexity index is 1110. The van der Waals surface area contributed by atoms with Gasteiger partial charge in [0.25, 0.3) is 0 Å². The van der Waals surface area contributed by atoms with E-state index >= 15 is 0 Å². The summed E-state index contributed by atoms with van der Waals surface area (Å²) in [4.78, 5) is 24.5. The van der Waals surface area contributed by atoms with Crippen molar-refractivity contribution in [2.24, 2.45) is 0 Å². The molecule has 1 amide bonds. The number of rotatable bonds is 53. The van der Waals surface area contributed by atoms with Crippen molar-refractivity contribution >= 4 is 11.9 Å². The van der Waals surface area contributed by atoms with Crippen LogP contribution in [0.2, 0.25) is 0 Å². The lowest BCUT2D eigenvalue weighted by molar-refractivity contribution is -0.143. The first kappa shape index (κ1) is 63.8. The fourth-order valence-corrected chi connectivity index (χ4v) is 8.60. The number of aliphatic hydroxyl groups is 2. The zero-order chi connectivity index (χ0) is 47.9. The lowest BCUT2D eigenvalue weighted by atomic mass is 10.0. The Hall–Kier alpha value is -2.18. The number of hydrogen-bond donors (Lipinski definition) is 3. The van der Waals surface area contributed by atoms with Crippen LogP contribution in [0.5, 0.6) is 0 Å². The maximum atomic E-state index is 12.5. The number of aliphatic hydroxyl groups excluding tert-OH is 2. The summed E-state index contributed by atoms with van der Waals surface area (Å²) < 4.78 is 5.45. The van der Waals surface area contributed by atoms with E-state index < -0.39 is 12.1 Å². The number of hydrogen-bond acceptors (Lipinski definition) is 5. The number of allylic oxidation sites excluding steroid dienone is 7. The highest BCUT2D eigenvalue weighted by Crippen LogP contribution is 2.16. The fraction of sp³-hybridized carbons (Fsp3) is 0.833. The molecule has 0 bridgehead atoms. The molecule has 0 aliphatic heterocycles. The van der Waals surface area contributed by atoms with Crippen LogP contribution in [0.15, 0.2) is 48.6 Å². The van der Waals surface area contributed by atoms with Gasteiger partial charge in [-0.2, -0.15) is 0 Å². The lowest BCUT2D eigenvalue weighted by Crippen LogP contribution is -2.45. The number of carbonyl (C=O) groups excluding carboxylic acids is 2. The van der Waals surface area contributed by atoms with Gasteiger partial charge in [0.1, 0.15) is 0 Å². The highest BCUT2D eigenvalue weighted by atomic mass is 16.5. The average molecular weight is 927 g/mol. The van der Waals surface area contributed by atoms with Crippen LogP contribution in [-0.2, 0) is 14.3 Å². The second-order valence-corrected chi connectivity index (χ2v) is 19.6. The van der Waals surface area contributed by atoms with E-state index in [1.54, 1.807) is 6.08 Å². The summed E-state index contributed by atoms with van der Waals surface area (Å²) in [6, 6.07) is -0.641. The molecule has 2 atom stereocenters. The van der Waals surface area contributed by atoms with E-state index in [9.17, 15) is 19.8 Å². The monoisotopic (exact) mass is 926 g/mol. The van der Waals surface area contributed by atoms with Crippen molar-refractivity contribution in [3.8, 4) is 0 Å². The molecular formula is C60H111NO5. The van der Waals surface area contributed by atoms with Gasteiger partial charge in [0.05, 0.1) is 25.4 Å². The Balaban J connectivity index is 3.52. The van der Waals surface area contributed by atoms with Crippen LogP contribution in [-0.4, -0.2) is 47.4 Å². The van der Waals surface area contributed by atoms with Gasteiger partial charge >= 0.3 is 5.97 Å². The number of esters is 1. The Morgan fingerprint density at radius 3 is 1.20 bits per heavy atom. The largest absolute Gasteiger partial charge is 0.466 e. The quantitative estimate of drug-likeness (QED) is 0.0321. The maximum absolute atomic E-state index is 12.5. The molecule has 0 rings (SSSR count).